The smallest absolute Gasteiger partial charge is 0.232 e. The zero-order valence-corrected chi connectivity index (χ0v) is 15.3. The number of aromatic nitrogens is 2. The van der Waals surface area contributed by atoms with Crippen molar-refractivity contribution >= 4 is 5.91 Å². The zero-order valence-electron chi connectivity index (χ0n) is 15.3. The number of nitrogens with one attached hydrogen (secondary N) is 1. The van der Waals surface area contributed by atoms with Crippen LogP contribution in [0.2, 0.25) is 0 Å². The lowest BCUT2D eigenvalue weighted by Crippen LogP contribution is -2.56. The highest BCUT2D eigenvalue weighted by Gasteiger charge is 2.57. The van der Waals surface area contributed by atoms with Crippen LogP contribution >= 0.6 is 0 Å². The molecule has 7 nitrogen and oxygen atoms in total. The number of carbonyl (C=O) groups excluding carboxylic acids is 1. The number of aromatic amines is 1. The molecule has 3 saturated heterocycles. The van der Waals surface area contributed by atoms with Gasteiger partial charge in [0.15, 0.2) is 0 Å². The molecule has 0 spiro atoms. The predicted molar refractivity (Wildman–Crippen MR) is 93.9 cm³/mol. The fourth-order valence-corrected chi connectivity index (χ4v) is 4.63. The lowest BCUT2D eigenvalue weighted by atomic mass is 9.79. The van der Waals surface area contributed by atoms with Crippen molar-refractivity contribution in [2.45, 2.75) is 26.4 Å². The number of likely N-dealkylation sites (tertiary alicyclic amines) is 1. The number of amides is 1. The second kappa shape index (κ2) is 6.70. The SMILES string of the molecule is CC(C)N1CCN(C(=O)[C@]23COC[C@H]2CN(Cc2ccn[nH]2)C3)CC1. The average molecular weight is 347 g/mol. The fraction of sp³-hybridized carbons (Fsp3) is 0.778. The highest BCUT2D eigenvalue weighted by molar-refractivity contribution is 5.84. The molecule has 0 aromatic carbocycles. The lowest BCUT2D eigenvalue weighted by Gasteiger charge is -2.40. The first kappa shape index (κ1) is 17.0. The summed E-state index contributed by atoms with van der Waals surface area (Å²) in [5, 5.41) is 7.05. The molecule has 25 heavy (non-hydrogen) atoms. The molecule has 138 valence electrons. The van der Waals surface area contributed by atoms with Gasteiger partial charge in [0.25, 0.3) is 0 Å². The molecule has 7 heteroatoms. The maximum Gasteiger partial charge on any atom is 0.232 e. The van der Waals surface area contributed by atoms with Crippen molar-refractivity contribution in [2.75, 3.05) is 52.5 Å². The maximum atomic E-state index is 13.4. The van der Waals surface area contributed by atoms with Gasteiger partial charge < -0.3 is 9.64 Å². The topological polar surface area (TPSA) is 64.7 Å². The first-order chi connectivity index (χ1) is 12.1. The van der Waals surface area contributed by atoms with E-state index in [-0.39, 0.29) is 5.41 Å². The Labute approximate surface area is 149 Å². The molecule has 1 aromatic heterocycles. The normalized spacial score (nSPS) is 31.0. The summed E-state index contributed by atoms with van der Waals surface area (Å²) in [6.45, 7) is 11.9. The molecule has 4 heterocycles. The van der Waals surface area contributed by atoms with Crippen molar-refractivity contribution in [2.24, 2.45) is 11.3 Å². The van der Waals surface area contributed by atoms with Crippen LogP contribution < -0.4 is 0 Å². The minimum absolute atomic E-state index is 0.311. The van der Waals surface area contributed by atoms with Gasteiger partial charge in [0.05, 0.1) is 18.6 Å². The highest BCUT2D eigenvalue weighted by Crippen LogP contribution is 2.43. The summed E-state index contributed by atoms with van der Waals surface area (Å²) in [5.74, 6) is 0.622. The summed E-state index contributed by atoms with van der Waals surface area (Å²) in [6, 6.07) is 2.55. The van der Waals surface area contributed by atoms with Gasteiger partial charge >= 0.3 is 0 Å². The van der Waals surface area contributed by atoms with Crippen LogP contribution in [-0.2, 0) is 16.1 Å². The van der Waals surface area contributed by atoms with Gasteiger partial charge in [0, 0.05) is 69.7 Å². The third-order valence-corrected chi connectivity index (χ3v) is 6.15. The van der Waals surface area contributed by atoms with Crippen molar-refractivity contribution in [1.29, 1.82) is 0 Å². The standard InChI is InChI=1S/C18H29N5O2/c1-14(2)22-5-7-23(8-6-22)17(24)18-12-21(9-15(18)11-25-13-18)10-16-3-4-19-20-16/h3-4,14-15H,5-13H2,1-2H3,(H,19,20)/t15-,18-/m1/s1. The third-order valence-electron chi connectivity index (χ3n) is 6.15. The summed E-state index contributed by atoms with van der Waals surface area (Å²) in [4.78, 5) is 20.3. The summed E-state index contributed by atoms with van der Waals surface area (Å²) < 4.78 is 5.76. The van der Waals surface area contributed by atoms with Crippen LogP contribution in [-0.4, -0.2) is 89.3 Å². The zero-order chi connectivity index (χ0) is 17.4. The van der Waals surface area contributed by atoms with Gasteiger partial charge in [-0.2, -0.15) is 5.10 Å². The van der Waals surface area contributed by atoms with E-state index in [1.54, 1.807) is 6.20 Å². The Morgan fingerprint density at radius 2 is 2.20 bits per heavy atom. The molecule has 4 rings (SSSR count). The van der Waals surface area contributed by atoms with Gasteiger partial charge in [-0.3, -0.25) is 19.7 Å². The Kier molecular flexibility index (Phi) is 4.56. The number of hydrogen-bond donors (Lipinski definition) is 1. The van der Waals surface area contributed by atoms with Crippen LogP contribution in [0.3, 0.4) is 0 Å². The van der Waals surface area contributed by atoms with E-state index >= 15 is 0 Å². The minimum Gasteiger partial charge on any atom is -0.380 e. The van der Waals surface area contributed by atoms with Crippen molar-refractivity contribution in [1.82, 2.24) is 24.9 Å². The number of fused-ring (bicyclic) bond motifs is 1. The van der Waals surface area contributed by atoms with Crippen LogP contribution in [0, 0.1) is 11.3 Å². The monoisotopic (exact) mass is 347 g/mol. The Bertz CT molecular complexity index is 597. The molecule has 3 aliphatic heterocycles. The van der Waals surface area contributed by atoms with E-state index in [1.165, 1.54) is 0 Å². The first-order valence-corrected chi connectivity index (χ1v) is 9.40. The van der Waals surface area contributed by atoms with Crippen molar-refractivity contribution in [3.05, 3.63) is 18.0 Å². The largest absolute Gasteiger partial charge is 0.380 e. The lowest BCUT2D eigenvalue weighted by molar-refractivity contribution is -0.145. The van der Waals surface area contributed by atoms with Gasteiger partial charge in [-0.05, 0) is 19.9 Å². The summed E-state index contributed by atoms with van der Waals surface area (Å²) in [7, 11) is 0. The van der Waals surface area contributed by atoms with Crippen molar-refractivity contribution in [3.63, 3.8) is 0 Å². The van der Waals surface area contributed by atoms with E-state index in [0.717, 1.165) is 51.5 Å². The summed E-state index contributed by atoms with van der Waals surface area (Å²) >= 11 is 0. The van der Waals surface area contributed by atoms with Gasteiger partial charge in [-0.15, -0.1) is 0 Å². The molecule has 1 aromatic rings. The molecule has 0 saturated carbocycles. The van der Waals surface area contributed by atoms with E-state index in [0.29, 0.717) is 31.1 Å². The Morgan fingerprint density at radius 3 is 2.88 bits per heavy atom. The molecule has 3 fully saturated rings. The Balaban J connectivity index is 1.43. The van der Waals surface area contributed by atoms with E-state index in [9.17, 15) is 4.79 Å². The minimum atomic E-state index is -0.347. The number of carbonyl (C=O) groups is 1. The molecule has 1 amide bonds. The van der Waals surface area contributed by atoms with Gasteiger partial charge in [-0.1, -0.05) is 0 Å². The second-order valence-electron chi connectivity index (χ2n) is 8.04. The number of H-pyrrole nitrogens is 1. The molecular formula is C18H29N5O2. The van der Waals surface area contributed by atoms with Gasteiger partial charge in [0.1, 0.15) is 0 Å². The molecule has 2 atom stereocenters. The number of rotatable bonds is 4. The summed E-state index contributed by atoms with van der Waals surface area (Å²) in [6.07, 6.45) is 1.78. The number of piperazine rings is 1. The van der Waals surface area contributed by atoms with Crippen LogP contribution in [0.4, 0.5) is 0 Å². The maximum absolute atomic E-state index is 13.4. The number of hydrogen-bond acceptors (Lipinski definition) is 5. The van der Waals surface area contributed by atoms with E-state index in [2.05, 4.69) is 38.7 Å². The molecular weight excluding hydrogens is 318 g/mol. The number of ether oxygens (including phenoxy) is 1. The average Bonchev–Trinajstić information content (AvgIpc) is 3.31. The predicted octanol–water partition coefficient (Wildman–Crippen LogP) is 0.411. The highest BCUT2D eigenvalue weighted by atomic mass is 16.5. The van der Waals surface area contributed by atoms with E-state index in [1.807, 2.05) is 6.07 Å². The van der Waals surface area contributed by atoms with E-state index < -0.39 is 0 Å². The first-order valence-electron chi connectivity index (χ1n) is 9.40. The second-order valence-corrected chi connectivity index (χ2v) is 8.04. The molecule has 0 aliphatic carbocycles. The van der Waals surface area contributed by atoms with Crippen LogP contribution in [0.15, 0.2) is 12.3 Å². The molecule has 0 bridgehead atoms. The van der Waals surface area contributed by atoms with Gasteiger partial charge in [0.2, 0.25) is 5.91 Å². The molecule has 0 unspecified atom stereocenters. The van der Waals surface area contributed by atoms with E-state index in [4.69, 9.17) is 4.74 Å². The Morgan fingerprint density at radius 1 is 1.40 bits per heavy atom. The quantitative estimate of drug-likeness (QED) is 0.855. The van der Waals surface area contributed by atoms with Crippen LogP contribution in [0.25, 0.3) is 0 Å². The summed E-state index contributed by atoms with van der Waals surface area (Å²) in [5.41, 5.74) is 0.758. The third kappa shape index (κ3) is 3.09. The Hall–Kier alpha value is -1.44. The van der Waals surface area contributed by atoms with Crippen LogP contribution in [0.5, 0.6) is 0 Å². The molecule has 0 radical (unpaired) electrons. The van der Waals surface area contributed by atoms with Gasteiger partial charge in [-0.25, -0.2) is 0 Å². The fourth-order valence-electron chi connectivity index (χ4n) is 4.63. The molecule has 3 aliphatic rings. The van der Waals surface area contributed by atoms with Crippen molar-refractivity contribution < 1.29 is 9.53 Å². The molecule has 1 N–H and O–H groups in total. The van der Waals surface area contributed by atoms with Crippen LogP contribution in [0.1, 0.15) is 19.5 Å². The number of nitrogens with zero attached hydrogens (tertiary/aromatic N) is 4. The van der Waals surface area contributed by atoms with Crippen molar-refractivity contribution in [3.8, 4) is 0 Å².